The number of benzene rings is 2. The van der Waals surface area contributed by atoms with Crippen LogP contribution < -0.4 is 5.73 Å². The van der Waals surface area contributed by atoms with Gasteiger partial charge in [-0.15, -0.1) is 0 Å². The van der Waals surface area contributed by atoms with E-state index in [1.54, 1.807) is 36.8 Å². The van der Waals surface area contributed by atoms with E-state index in [0.717, 1.165) is 37.3 Å². The summed E-state index contributed by atoms with van der Waals surface area (Å²) in [6, 6.07) is 15.1. The minimum Gasteiger partial charge on any atom is -0.434 e. The number of anilines is 1. The summed E-state index contributed by atoms with van der Waals surface area (Å²) in [5, 5.41) is 0. The number of amides is 1. The maximum atomic E-state index is 12.8. The molecule has 6 rings (SSSR count). The summed E-state index contributed by atoms with van der Waals surface area (Å²) < 4.78 is 35.3. The average molecular weight is 588 g/mol. The molecule has 1 fully saturated rings. The summed E-state index contributed by atoms with van der Waals surface area (Å²) in [6.45, 7) is 5.10. The second-order valence-corrected chi connectivity index (χ2v) is 11.2. The Morgan fingerprint density at radius 2 is 1.64 bits per heavy atom. The molecule has 0 radical (unpaired) electrons. The maximum Gasteiger partial charge on any atom is 0.294 e. The van der Waals surface area contributed by atoms with Gasteiger partial charge < -0.3 is 20.0 Å². The van der Waals surface area contributed by atoms with Crippen molar-refractivity contribution in [1.29, 1.82) is 0 Å². The number of rotatable bonds is 4. The van der Waals surface area contributed by atoms with Gasteiger partial charge in [0.15, 0.2) is 17.1 Å². The molecule has 12 nitrogen and oxygen atoms in total. The number of aromatic nitrogens is 4. The highest BCUT2D eigenvalue weighted by Crippen LogP contribution is 2.28. The van der Waals surface area contributed by atoms with Crippen LogP contribution in [0.2, 0.25) is 0 Å². The van der Waals surface area contributed by atoms with Gasteiger partial charge in [0.1, 0.15) is 5.52 Å². The van der Waals surface area contributed by atoms with Crippen molar-refractivity contribution in [2.75, 3.05) is 39.0 Å². The van der Waals surface area contributed by atoms with Crippen molar-refractivity contribution in [2.24, 2.45) is 0 Å². The van der Waals surface area contributed by atoms with E-state index in [9.17, 15) is 13.2 Å². The first-order valence-electron chi connectivity index (χ1n) is 13.0. The van der Waals surface area contributed by atoms with Gasteiger partial charge in [-0.3, -0.25) is 14.3 Å². The monoisotopic (exact) mass is 587 g/mol. The van der Waals surface area contributed by atoms with Crippen molar-refractivity contribution < 1.29 is 22.2 Å². The van der Waals surface area contributed by atoms with E-state index in [2.05, 4.69) is 31.9 Å². The smallest absolute Gasteiger partial charge is 0.294 e. The van der Waals surface area contributed by atoms with Crippen molar-refractivity contribution in [3.05, 3.63) is 84.3 Å². The molecule has 5 aromatic rings. The van der Waals surface area contributed by atoms with Gasteiger partial charge in [0.2, 0.25) is 5.89 Å². The molecule has 0 unspecified atom stereocenters. The molecular formula is C29H29N7O5S. The van der Waals surface area contributed by atoms with Crippen LogP contribution in [-0.4, -0.2) is 81.8 Å². The third-order valence-corrected chi connectivity index (χ3v) is 7.60. The highest BCUT2D eigenvalue weighted by atomic mass is 32.2. The number of carbonyl (C=O) groups excluding carboxylic acids is 1. The number of nitrogen functional groups attached to an aromatic ring is 1. The Morgan fingerprint density at radius 1 is 0.952 bits per heavy atom. The minimum atomic E-state index is -4.02. The van der Waals surface area contributed by atoms with Crippen molar-refractivity contribution >= 4 is 32.9 Å². The molecule has 42 heavy (non-hydrogen) atoms. The molecule has 1 amide bonds. The van der Waals surface area contributed by atoms with E-state index >= 15 is 0 Å². The van der Waals surface area contributed by atoms with Crippen LogP contribution in [0.15, 0.2) is 82.5 Å². The molecule has 0 aliphatic carbocycles. The van der Waals surface area contributed by atoms with E-state index in [4.69, 9.17) is 14.7 Å². The lowest BCUT2D eigenvalue weighted by Crippen LogP contribution is -2.47. The summed E-state index contributed by atoms with van der Waals surface area (Å²) in [7, 11) is -1.95. The number of carbonyl (C=O) groups is 1. The molecule has 1 saturated heterocycles. The number of pyridine rings is 1. The molecular weight excluding hydrogens is 558 g/mol. The summed E-state index contributed by atoms with van der Waals surface area (Å²) >= 11 is 0. The zero-order valence-corrected chi connectivity index (χ0v) is 23.8. The SMILES string of the molecule is CN1CCN(C(=O)c2ccc(-c3cnc(N)c(-c4nc5cnccc5o4)n3)cc2)CC1.Cc1ccc(S(=O)(=O)O)cc1. The van der Waals surface area contributed by atoms with Crippen LogP contribution in [0.1, 0.15) is 15.9 Å². The van der Waals surface area contributed by atoms with Gasteiger partial charge in [-0.25, -0.2) is 15.0 Å². The topological polar surface area (TPSA) is 169 Å². The van der Waals surface area contributed by atoms with Gasteiger partial charge in [-0.05, 0) is 38.2 Å². The van der Waals surface area contributed by atoms with Crippen LogP contribution >= 0.6 is 0 Å². The van der Waals surface area contributed by atoms with Gasteiger partial charge in [-0.1, -0.05) is 29.8 Å². The molecule has 0 saturated carbocycles. The number of hydrogen-bond donors (Lipinski definition) is 2. The van der Waals surface area contributed by atoms with Gasteiger partial charge in [0.05, 0.1) is 23.0 Å². The Bertz CT molecular complexity index is 1780. The molecule has 3 N–H and O–H groups in total. The summed E-state index contributed by atoms with van der Waals surface area (Å²) in [4.78, 5) is 34.1. The fraction of sp³-hybridized carbons (Fsp3) is 0.207. The van der Waals surface area contributed by atoms with Crippen molar-refractivity contribution in [2.45, 2.75) is 11.8 Å². The number of likely N-dealkylation sites (N-methyl/N-ethyl adjacent to an activating group) is 1. The average Bonchev–Trinajstić information content (AvgIpc) is 3.42. The van der Waals surface area contributed by atoms with E-state index < -0.39 is 10.1 Å². The molecule has 13 heteroatoms. The molecule has 0 atom stereocenters. The predicted octanol–water partition coefficient (Wildman–Crippen LogP) is 3.56. The predicted molar refractivity (Wildman–Crippen MR) is 157 cm³/mol. The van der Waals surface area contributed by atoms with Gasteiger partial charge in [-0.2, -0.15) is 8.42 Å². The molecule has 0 spiro atoms. The van der Waals surface area contributed by atoms with Gasteiger partial charge in [0.25, 0.3) is 16.0 Å². The number of nitrogens with two attached hydrogens (primary N) is 1. The Morgan fingerprint density at radius 3 is 2.29 bits per heavy atom. The summed E-state index contributed by atoms with van der Waals surface area (Å²) in [6.07, 6.45) is 4.85. The zero-order valence-electron chi connectivity index (χ0n) is 23.0. The normalized spacial score (nSPS) is 13.9. The Labute approximate surface area is 242 Å². The van der Waals surface area contributed by atoms with Crippen LogP contribution in [-0.2, 0) is 10.1 Å². The molecule has 3 aromatic heterocycles. The van der Waals surface area contributed by atoms with E-state index in [1.807, 2.05) is 36.1 Å². The van der Waals surface area contributed by atoms with Crippen molar-refractivity contribution in [3.63, 3.8) is 0 Å². The van der Waals surface area contributed by atoms with Crippen molar-refractivity contribution in [1.82, 2.24) is 29.7 Å². The molecule has 0 bridgehead atoms. The van der Waals surface area contributed by atoms with Crippen LogP contribution in [0.3, 0.4) is 0 Å². The molecule has 1 aliphatic heterocycles. The lowest BCUT2D eigenvalue weighted by molar-refractivity contribution is 0.0664. The van der Waals surface area contributed by atoms with E-state index in [0.29, 0.717) is 28.1 Å². The minimum absolute atomic E-state index is 0.0452. The number of fused-ring (bicyclic) bond motifs is 1. The fourth-order valence-corrected chi connectivity index (χ4v) is 4.74. The highest BCUT2D eigenvalue weighted by Gasteiger charge is 2.21. The van der Waals surface area contributed by atoms with Gasteiger partial charge >= 0.3 is 0 Å². The number of piperazine rings is 1. The number of aryl methyl sites for hydroxylation is 1. The second-order valence-electron chi connectivity index (χ2n) is 9.81. The largest absolute Gasteiger partial charge is 0.434 e. The Hall–Kier alpha value is -4.72. The first kappa shape index (κ1) is 28.8. The first-order valence-corrected chi connectivity index (χ1v) is 14.5. The van der Waals surface area contributed by atoms with Crippen molar-refractivity contribution in [3.8, 4) is 22.8 Å². The van der Waals surface area contributed by atoms with Crippen LogP contribution in [0.25, 0.3) is 33.9 Å². The van der Waals surface area contributed by atoms with Gasteiger partial charge in [0, 0.05) is 49.6 Å². The summed E-state index contributed by atoms with van der Waals surface area (Å²) in [5.41, 5.74) is 10.7. The molecule has 4 heterocycles. The number of hydrogen-bond acceptors (Lipinski definition) is 10. The second kappa shape index (κ2) is 12.0. The van der Waals surface area contributed by atoms with Crippen LogP contribution in [0.5, 0.6) is 0 Å². The lowest BCUT2D eigenvalue weighted by atomic mass is 10.1. The molecule has 1 aliphatic rings. The lowest BCUT2D eigenvalue weighted by Gasteiger charge is -2.32. The standard InChI is InChI=1S/C22H21N7O2.C7H8O3S/c1-28-8-10-29(11-9-28)22(30)15-4-2-14(3-5-15)16-13-25-20(23)19(26-16)21-27-17-12-24-7-6-18(17)31-21;1-6-2-4-7(5-3-6)11(8,9)10/h2-7,12-13H,8-11H2,1H3,(H2,23,25);2-5H,1H3,(H,8,9,10). The Kier molecular flexibility index (Phi) is 8.24. The quantitative estimate of drug-likeness (QED) is 0.295. The zero-order chi connectivity index (χ0) is 29.9. The highest BCUT2D eigenvalue weighted by molar-refractivity contribution is 7.85. The third-order valence-electron chi connectivity index (χ3n) is 6.73. The number of nitrogens with zero attached hydrogens (tertiary/aromatic N) is 6. The molecule has 216 valence electrons. The first-order chi connectivity index (χ1) is 20.1. The number of oxazole rings is 1. The Balaban J connectivity index is 0.000000271. The molecule has 2 aromatic carbocycles. The van der Waals surface area contributed by atoms with E-state index in [1.165, 1.54) is 12.1 Å². The van der Waals surface area contributed by atoms with E-state index in [-0.39, 0.29) is 22.5 Å². The van der Waals surface area contributed by atoms with Crippen LogP contribution in [0, 0.1) is 6.92 Å². The fourth-order valence-electron chi connectivity index (χ4n) is 4.26. The summed E-state index contributed by atoms with van der Waals surface area (Å²) in [5.74, 6) is 0.561. The maximum absolute atomic E-state index is 12.8. The third kappa shape index (κ3) is 6.60. The van der Waals surface area contributed by atoms with Crippen LogP contribution in [0.4, 0.5) is 5.82 Å².